The summed E-state index contributed by atoms with van der Waals surface area (Å²) in [5.41, 5.74) is 18.2. The van der Waals surface area contributed by atoms with E-state index in [0.29, 0.717) is 12.0 Å². The maximum Gasteiger partial charge on any atom is 0.254 e. The summed E-state index contributed by atoms with van der Waals surface area (Å²) in [6.45, 7) is 0. The van der Waals surface area contributed by atoms with Crippen molar-refractivity contribution >= 4 is 29.5 Å². The lowest BCUT2D eigenvalue weighted by atomic mass is 10.1. The largest absolute Gasteiger partial charge is 0.399 e. The van der Waals surface area contributed by atoms with Gasteiger partial charge in [0.05, 0.1) is 11.3 Å². The number of nitrogens with two attached hydrogens (primary N) is 2. The Morgan fingerprint density at radius 1 is 1.45 bits per heavy atom. The Balaban J connectivity index is 2.91. The zero-order valence-electron chi connectivity index (χ0n) is 10.6. The summed E-state index contributed by atoms with van der Waals surface area (Å²) in [6, 6.07) is 3.29. The molecule has 0 aromatic heterocycles. The molecule has 1 aromatic rings. The van der Waals surface area contributed by atoms with Crippen LogP contribution in [0, 0.1) is 5.53 Å². The molecule has 0 radical (unpaired) electrons. The SMILES string of the molecule is N=Nc1cc(N)ccc1C(=O)NC(CCC=O)C(N)=O. The Morgan fingerprint density at radius 2 is 2.15 bits per heavy atom. The van der Waals surface area contributed by atoms with Crippen molar-refractivity contribution in [3.63, 3.8) is 0 Å². The molecule has 1 aromatic carbocycles. The maximum atomic E-state index is 12.0. The number of carbonyl (C=O) groups is 3. The predicted molar refractivity (Wildman–Crippen MR) is 71.4 cm³/mol. The van der Waals surface area contributed by atoms with Crippen LogP contribution < -0.4 is 16.8 Å². The summed E-state index contributed by atoms with van der Waals surface area (Å²) < 4.78 is 0. The summed E-state index contributed by atoms with van der Waals surface area (Å²) in [5, 5.41) is 5.61. The topological polar surface area (TPSA) is 151 Å². The predicted octanol–water partition coefficient (Wildman–Crippen LogP) is 0.494. The molecule has 0 bridgehead atoms. The van der Waals surface area contributed by atoms with E-state index in [0.717, 1.165) is 0 Å². The standard InChI is InChI=1S/C12H15N5O3/c13-7-3-4-8(10(6-7)17-15)12(20)16-9(11(14)19)2-1-5-18/h3-6,9,15H,1-2,13H2,(H2,14,19)(H,16,20). The average molecular weight is 277 g/mol. The van der Waals surface area contributed by atoms with E-state index in [4.69, 9.17) is 17.0 Å². The van der Waals surface area contributed by atoms with Gasteiger partial charge in [-0.25, -0.2) is 5.53 Å². The highest BCUT2D eigenvalue weighted by molar-refractivity contribution is 6.01. The first-order valence-corrected chi connectivity index (χ1v) is 5.80. The number of anilines is 1. The maximum absolute atomic E-state index is 12.0. The summed E-state index contributed by atoms with van der Waals surface area (Å²) in [7, 11) is 0. The molecule has 0 heterocycles. The lowest BCUT2D eigenvalue weighted by Crippen LogP contribution is -2.44. The van der Waals surface area contributed by atoms with Gasteiger partial charge >= 0.3 is 0 Å². The van der Waals surface area contributed by atoms with E-state index in [1.165, 1.54) is 18.2 Å². The fourth-order valence-electron chi connectivity index (χ4n) is 1.59. The normalized spacial score (nSPS) is 11.4. The van der Waals surface area contributed by atoms with Crippen molar-refractivity contribution in [2.24, 2.45) is 10.8 Å². The highest BCUT2D eigenvalue weighted by Gasteiger charge is 2.20. The van der Waals surface area contributed by atoms with Crippen LogP contribution in [0.5, 0.6) is 0 Å². The Labute approximate surface area is 115 Å². The van der Waals surface area contributed by atoms with Crippen LogP contribution in [-0.4, -0.2) is 24.1 Å². The number of nitrogens with one attached hydrogen (secondary N) is 2. The molecule has 2 amide bonds. The molecule has 106 valence electrons. The molecule has 1 unspecified atom stereocenters. The van der Waals surface area contributed by atoms with E-state index in [9.17, 15) is 14.4 Å². The third-order valence-corrected chi connectivity index (χ3v) is 2.61. The second kappa shape index (κ2) is 6.98. The lowest BCUT2D eigenvalue weighted by molar-refractivity contribution is -0.120. The number of hydrogen-bond acceptors (Lipinski definition) is 6. The minimum Gasteiger partial charge on any atom is -0.399 e. The molecule has 0 spiro atoms. The van der Waals surface area contributed by atoms with Crippen LogP contribution in [0.25, 0.3) is 0 Å². The van der Waals surface area contributed by atoms with Crippen molar-refractivity contribution in [1.29, 1.82) is 5.53 Å². The van der Waals surface area contributed by atoms with Gasteiger partial charge in [0.1, 0.15) is 12.3 Å². The third-order valence-electron chi connectivity index (χ3n) is 2.61. The molecule has 1 atom stereocenters. The monoisotopic (exact) mass is 277 g/mol. The molecule has 0 aliphatic carbocycles. The van der Waals surface area contributed by atoms with Gasteiger partial charge < -0.3 is 21.6 Å². The molecule has 6 N–H and O–H groups in total. The van der Waals surface area contributed by atoms with E-state index in [1.807, 2.05) is 0 Å². The van der Waals surface area contributed by atoms with E-state index in [1.54, 1.807) is 0 Å². The second-order valence-corrected chi connectivity index (χ2v) is 4.06. The third kappa shape index (κ3) is 3.87. The fourth-order valence-corrected chi connectivity index (χ4v) is 1.59. The van der Waals surface area contributed by atoms with Crippen molar-refractivity contribution in [1.82, 2.24) is 5.32 Å². The van der Waals surface area contributed by atoms with Crippen molar-refractivity contribution in [2.45, 2.75) is 18.9 Å². The van der Waals surface area contributed by atoms with E-state index < -0.39 is 17.9 Å². The van der Waals surface area contributed by atoms with E-state index >= 15 is 0 Å². The summed E-state index contributed by atoms with van der Waals surface area (Å²) in [4.78, 5) is 33.5. The van der Waals surface area contributed by atoms with Gasteiger partial charge in [0, 0.05) is 12.1 Å². The van der Waals surface area contributed by atoms with Crippen molar-refractivity contribution < 1.29 is 14.4 Å². The van der Waals surface area contributed by atoms with Crippen molar-refractivity contribution in [2.75, 3.05) is 5.73 Å². The van der Waals surface area contributed by atoms with E-state index in [2.05, 4.69) is 10.4 Å². The molecular formula is C12H15N5O3. The molecule has 8 heteroatoms. The number of hydrogen-bond donors (Lipinski definition) is 4. The van der Waals surface area contributed by atoms with Gasteiger partial charge in [-0.1, -0.05) is 0 Å². The summed E-state index contributed by atoms with van der Waals surface area (Å²) >= 11 is 0. The summed E-state index contributed by atoms with van der Waals surface area (Å²) in [5.74, 6) is -1.34. The highest BCUT2D eigenvalue weighted by Crippen LogP contribution is 2.22. The zero-order chi connectivity index (χ0) is 15.1. The highest BCUT2D eigenvalue weighted by atomic mass is 16.2. The Kier molecular flexibility index (Phi) is 5.33. The number of carbonyl (C=O) groups excluding carboxylic acids is 3. The van der Waals surface area contributed by atoms with Gasteiger partial charge in [0.15, 0.2) is 0 Å². The van der Waals surface area contributed by atoms with Crippen LogP contribution in [0.15, 0.2) is 23.3 Å². The fraction of sp³-hybridized carbons (Fsp3) is 0.250. The molecule has 8 nitrogen and oxygen atoms in total. The molecule has 0 saturated carbocycles. The van der Waals surface area contributed by atoms with Crippen LogP contribution >= 0.6 is 0 Å². The number of primary amides is 1. The van der Waals surface area contributed by atoms with Crippen molar-refractivity contribution in [3.05, 3.63) is 23.8 Å². The van der Waals surface area contributed by atoms with Gasteiger partial charge in [0.2, 0.25) is 5.91 Å². The van der Waals surface area contributed by atoms with Gasteiger partial charge in [-0.15, -0.1) is 0 Å². The Bertz CT molecular complexity index is 544. The molecule has 0 aliphatic heterocycles. The first-order valence-electron chi connectivity index (χ1n) is 5.80. The minimum absolute atomic E-state index is 0.0844. The number of benzene rings is 1. The average Bonchev–Trinajstić information content (AvgIpc) is 2.42. The van der Waals surface area contributed by atoms with Gasteiger partial charge in [0.25, 0.3) is 5.91 Å². The number of aldehydes is 1. The smallest absolute Gasteiger partial charge is 0.254 e. The first-order chi connectivity index (χ1) is 9.49. The molecule has 1 rings (SSSR count). The Morgan fingerprint density at radius 3 is 2.70 bits per heavy atom. The van der Waals surface area contributed by atoms with Gasteiger partial charge in [-0.2, -0.15) is 5.11 Å². The summed E-state index contributed by atoms with van der Waals surface area (Å²) in [6.07, 6.45) is 0.855. The molecule has 0 fully saturated rings. The lowest BCUT2D eigenvalue weighted by Gasteiger charge is -2.15. The van der Waals surface area contributed by atoms with Crippen LogP contribution in [0.3, 0.4) is 0 Å². The van der Waals surface area contributed by atoms with Gasteiger partial charge in [-0.05, 0) is 24.6 Å². The second-order valence-electron chi connectivity index (χ2n) is 4.06. The van der Waals surface area contributed by atoms with Gasteiger partial charge in [-0.3, -0.25) is 9.59 Å². The zero-order valence-corrected chi connectivity index (χ0v) is 10.6. The number of nitrogens with zero attached hydrogens (tertiary/aromatic N) is 1. The van der Waals surface area contributed by atoms with Crippen molar-refractivity contribution in [3.8, 4) is 0 Å². The van der Waals surface area contributed by atoms with Crippen LogP contribution in [0.1, 0.15) is 23.2 Å². The molecule has 0 saturated heterocycles. The molecule has 0 aliphatic rings. The minimum atomic E-state index is -0.955. The number of rotatable bonds is 7. The van der Waals surface area contributed by atoms with Crippen LogP contribution in [0.2, 0.25) is 0 Å². The van der Waals surface area contributed by atoms with Crippen LogP contribution in [0.4, 0.5) is 11.4 Å². The molecule has 20 heavy (non-hydrogen) atoms. The molecular weight excluding hydrogens is 262 g/mol. The number of amides is 2. The van der Waals surface area contributed by atoms with E-state index in [-0.39, 0.29) is 24.1 Å². The first kappa shape index (κ1) is 15.3. The van der Waals surface area contributed by atoms with Crippen LogP contribution in [-0.2, 0) is 9.59 Å². The Hall–Kier alpha value is -2.77. The number of nitrogen functional groups attached to an aromatic ring is 1. The quantitative estimate of drug-likeness (QED) is 0.325.